The number of carbonyl (C=O) groups excluding carboxylic acids is 2. The molecule has 0 aliphatic carbocycles. The lowest BCUT2D eigenvalue weighted by Crippen LogP contribution is -2.38. The standard InChI is InChI=1S/C20H30N2O3S/c1-3-25-20(24)9-8-19(23)21-14-16-10-12-22(13-11-16)15-17-6-4-5-7-18(17)26-2/h4-7,16H,3,8-15H2,1-2H3,(H,21,23). The molecule has 1 N–H and O–H groups in total. The normalized spacial score (nSPS) is 15.6. The molecular formula is C20H30N2O3S. The second-order valence-electron chi connectivity index (χ2n) is 6.64. The second kappa shape index (κ2) is 11.2. The van der Waals surface area contributed by atoms with Crippen LogP contribution in [0.1, 0.15) is 38.2 Å². The summed E-state index contributed by atoms with van der Waals surface area (Å²) in [5, 5.41) is 2.96. The number of piperidine rings is 1. The van der Waals surface area contributed by atoms with Crippen molar-refractivity contribution >= 4 is 23.6 Å². The molecular weight excluding hydrogens is 348 g/mol. The summed E-state index contributed by atoms with van der Waals surface area (Å²) in [6.45, 7) is 5.95. The molecule has 1 aliphatic heterocycles. The molecule has 1 heterocycles. The maximum Gasteiger partial charge on any atom is 0.306 e. The first kappa shape index (κ1) is 20.8. The molecule has 0 saturated carbocycles. The van der Waals surface area contributed by atoms with E-state index >= 15 is 0 Å². The van der Waals surface area contributed by atoms with Gasteiger partial charge in [-0.1, -0.05) is 18.2 Å². The number of rotatable bonds is 9. The molecule has 1 fully saturated rings. The number of thioether (sulfide) groups is 1. The van der Waals surface area contributed by atoms with Crippen LogP contribution in [0, 0.1) is 5.92 Å². The topological polar surface area (TPSA) is 58.6 Å². The van der Waals surface area contributed by atoms with Crippen LogP contribution in [0.5, 0.6) is 0 Å². The number of carbonyl (C=O) groups is 2. The van der Waals surface area contributed by atoms with Crippen molar-refractivity contribution in [2.75, 3.05) is 32.5 Å². The number of nitrogens with one attached hydrogen (secondary N) is 1. The molecule has 1 aromatic rings. The quantitative estimate of drug-likeness (QED) is 0.529. The molecule has 2 rings (SSSR count). The van der Waals surface area contributed by atoms with Crippen molar-refractivity contribution in [3.63, 3.8) is 0 Å². The van der Waals surface area contributed by atoms with Crippen LogP contribution in [0.25, 0.3) is 0 Å². The predicted molar refractivity (Wildman–Crippen MR) is 105 cm³/mol. The molecule has 6 heteroatoms. The van der Waals surface area contributed by atoms with E-state index in [1.807, 2.05) is 0 Å². The monoisotopic (exact) mass is 378 g/mol. The zero-order valence-corrected chi connectivity index (χ0v) is 16.6. The zero-order valence-electron chi connectivity index (χ0n) is 15.8. The number of ether oxygens (including phenoxy) is 1. The number of benzene rings is 1. The highest BCUT2D eigenvalue weighted by atomic mass is 32.2. The molecule has 1 saturated heterocycles. The number of hydrogen-bond acceptors (Lipinski definition) is 5. The van der Waals surface area contributed by atoms with Gasteiger partial charge in [0.25, 0.3) is 0 Å². The highest BCUT2D eigenvalue weighted by Gasteiger charge is 2.20. The molecule has 0 spiro atoms. The lowest BCUT2D eigenvalue weighted by molar-refractivity contribution is -0.144. The Morgan fingerprint density at radius 1 is 1.23 bits per heavy atom. The number of amides is 1. The van der Waals surface area contributed by atoms with E-state index in [-0.39, 0.29) is 24.7 Å². The van der Waals surface area contributed by atoms with Crippen molar-refractivity contribution < 1.29 is 14.3 Å². The average Bonchev–Trinajstić information content (AvgIpc) is 2.66. The highest BCUT2D eigenvalue weighted by molar-refractivity contribution is 7.98. The first-order valence-corrected chi connectivity index (χ1v) is 10.6. The largest absolute Gasteiger partial charge is 0.466 e. The van der Waals surface area contributed by atoms with Gasteiger partial charge in [0, 0.05) is 24.4 Å². The summed E-state index contributed by atoms with van der Waals surface area (Å²) in [4.78, 5) is 27.0. The van der Waals surface area contributed by atoms with Crippen LogP contribution in [-0.4, -0.2) is 49.3 Å². The van der Waals surface area contributed by atoms with Gasteiger partial charge in [-0.05, 0) is 56.7 Å². The first-order valence-electron chi connectivity index (χ1n) is 9.39. The molecule has 144 valence electrons. The van der Waals surface area contributed by atoms with Gasteiger partial charge in [0.1, 0.15) is 0 Å². The Balaban J connectivity index is 1.65. The van der Waals surface area contributed by atoms with Crippen molar-refractivity contribution in [3.8, 4) is 0 Å². The summed E-state index contributed by atoms with van der Waals surface area (Å²) in [5.74, 6) is 0.157. The Labute approximate surface area is 160 Å². The van der Waals surface area contributed by atoms with Crippen LogP contribution in [0.2, 0.25) is 0 Å². The Hall–Kier alpha value is -1.53. The van der Waals surface area contributed by atoms with Gasteiger partial charge in [-0.3, -0.25) is 14.5 Å². The van der Waals surface area contributed by atoms with Gasteiger partial charge >= 0.3 is 5.97 Å². The second-order valence-corrected chi connectivity index (χ2v) is 7.49. The Morgan fingerprint density at radius 2 is 1.96 bits per heavy atom. The highest BCUT2D eigenvalue weighted by Crippen LogP contribution is 2.24. The van der Waals surface area contributed by atoms with Crippen LogP contribution >= 0.6 is 11.8 Å². The van der Waals surface area contributed by atoms with E-state index in [9.17, 15) is 9.59 Å². The van der Waals surface area contributed by atoms with Gasteiger partial charge in [-0.2, -0.15) is 0 Å². The van der Waals surface area contributed by atoms with Crippen LogP contribution in [0.15, 0.2) is 29.2 Å². The molecule has 0 bridgehead atoms. The Bertz CT molecular complexity index is 586. The Morgan fingerprint density at radius 3 is 2.65 bits per heavy atom. The lowest BCUT2D eigenvalue weighted by atomic mass is 9.96. The molecule has 5 nitrogen and oxygen atoms in total. The fraction of sp³-hybridized carbons (Fsp3) is 0.600. The van der Waals surface area contributed by atoms with E-state index in [4.69, 9.17) is 4.74 Å². The van der Waals surface area contributed by atoms with Gasteiger partial charge in [0.05, 0.1) is 13.0 Å². The van der Waals surface area contributed by atoms with E-state index in [1.165, 1.54) is 10.5 Å². The van der Waals surface area contributed by atoms with Crippen LogP contribution in [0.4, 0.5) is 0 Å². The first-order chi connectivity index (χ1) is 12.6. The molecule has 0 radical (unpaired) electrons. The fourth-order valence-corrected chi connectivity index (χ4v) is 3.83. The molecule has 26 heavy (non-hydrogen) atoms. The number of likely N-dealkylation sites (tertiary alicyclic amines) is 1. The third-order valence-corrected chi connectivity index (χ3v) is 5.58. The van der Waals surface area contributed by atoms with Crippen molar-refractivity contribution in [3.05, 3.63) is 29.8 Å². The lowest BCUT2D eigenvalue weighted by Gasteiger charge is -2.32. The average molecular weight is 379 g/mol. The van der Waals surface area contributed by atoms with Gasteiger partial charge in [-0.15, -0.1) is 11.8 Å². The van der Waals surface area contributed by atoms with E-state index in [0.717, 1.165) is 32.5 Å². The predicted octanol–water partition coefficient (Wildman–Crippen LogP) is 3.08. The number of nitrogens with zero attached hydrogens (tertiary/aromatic N) is 1. The third kappa shape index (κ3) is 7.00. The maximum atomic E-state index is 11.8. The van der Waals surface area contributed by atoms with Crippen molar-refractivity contribution in [1.82, 2.24) is 10.2 Å². The molecule has 0 atom stereocenters. The molecule has 1 amide bonds. The van der Waals surface area contributed by atoms with Crippen molar-refractivity contribution in [2.24, 2.45) is 5.92 Å². The van der Waals surface area contributed by atoms with Crippen molar-refractivity contribution in [2.45, 2.75) is 44.0 Å². The molecule has 0 unspecified atom stereocenters. The summed E-state index contributed by atoms with van der Waals surface area (Å²) in [5.41, 5.74) is 1.39. The molecule has 1 aliphatic rings. The van der Waals surface area contributed by atoms with E-state index in [2.05, 4.69) is 40.7 Å². The van der Waals surface area contributed by atoms with Gasteiger partial charge in [0.15, 0.2) is 0 Å². The fourth-order valence-electron chi connectivity index (χ4n) is 3.22. The SMILES string of the molecule is CCOC(=O)CCC(=O)NCC1CCN(Cc2ccccc2SC)CC1. The van der Waals surface area contributed by atoms with E-state index in [0.29, 0.717) is 19.1 Å². The Kier molecular flexibility index (Phi) is 8.98. The summed E-state index contributed by atoms with van der Waals surface area (Å²) in [7, 11) is 0. The van der Waals surface area contributed by atoms with Crippen molar-refractivity contribution in [1.29, 1.82) is 0 Å². The van der Waals surface area contributed by atoms with Crippen LogP contribution < -0.4 is 5.32 Å². The van der Waals surface area contributed by atoms with E-state index in [1.54, 1.807) is 18.7 Å². The number of esters is 1. The molecule has 0 aromatic heterocycles. The zero-order chi connectivity index (χ0) is 18.8. The maximum absolute atomic E-state index is 11.8. The van der Waals surface area contributed by atoms with Gasteiger partial charge < -0.3 is 10.1 Å². The molecule has 1 aromatic carbocycles. The minimum Gasteiger partial charge on any atom is -0.466 e. The summed E-state index contributed by atoms with van der Waals surface area (Å²) in [6, 6.07) is 8.58. The van der Waals surface area contributed by atoms with Gasteiger partial charge in [0.2, 0.25) is 5.91 Å². The van der Waals surface area contributed by atoms with E-state index < -0.39 is 0 Å². The van der Waals surface area contributed by atoms with Gasteiger partial charge in [-0.25, -0.2) is 0 Å². The minimum absolute atomic E-state index is 0.0608. The van der Waals surface area contributed by atoms with Crippen LogP contribution in [0.3, 0.4) is 0 Å². The summed E-state index contributed by atoms with van der Waals surface area (Å²) in [6.07, 6.45) is 4.69. The summed E-state index contributed by atoms with van der Waals surface area (Å²) < 4.78 is 4.84. The summed E-state index contributed by atoms with van der Waals surface area (Å²) >= 11 is 1.80. The number of hydrogen-bond donors (Lipinski definition) is 1. The smallest absolute Gasteiger partial charge is 0.306 e. The third-order valence-electron chi connectivity index (χ3n) is 4.74. The van der Waals surface area contributed by atoms with Crippen LogP contribution in [-0.2, 0) is 20.9 Å². The minimum atomic E-state index is -0.304.